The Morgan fingerprint density at radius 3 is 2.92 bits per heavy atom. The molecule has 0 bridgehead atoms. The van der Waals surface area contributed by atoms with Crippen LogP contribution < -0.4 is 5.32 Å². The Hall–Kier alpha value is -2.32. The molecule has 3 heterocycles. The number of methoxy groups -OCH3 is 1. The molecule has 1 saturated heterocycles. The predicted molar refractivity (Wildman–Crippen MR) is 91.8 cm³/mol. The molecule has 3 rings (SSSR count). The van der Waals surface area contributed by atoms with Gasteiger partial charge in [-0.3, -0.25) is 9.78 Å². The fourth-order valence-electron chi connectivity index (χ4n) is 2.64. The van der Waals surface area contributed by atoms with Crippen LogP contribution in [0.4, 0.5) is 0 Å². The minimum atomic E-state index is -0.659. The molecule has 1 fully saturated rings. The number of amides is 1. The van der Waals surface area contributed by atoms with Crippen LogP contribution in [0.25, 0.3) is 11.3 Å². The van der Waals surface area contributed by atoms with Crippen LogP contribution in [0.15, 0.2) is 29.9 Å². The highest BCUT2D eigenvalue weighted by molar-refractivity contribution is 7.10. The Balaban J connectivity index is 1.59. The van der Waals surface area contributed by atoms with E-state index < -0.39 is 18.2 Å². The average Bonchev–Trinajstić information content (AvgIpc) is 3.31. The van der Waals surface area contributed by atoms with Crippen LogP contribution in [0.5, 0.6) is 0 Å². The number of hydrogen-bond donors (Lipinski definition) is 1. The van der Waals surface area contributed by atoms with E-state index in [1.54, 1.807) is 12.4 Å². The third-order valence-electron chi connectivity index (χ3n) is 3.98. The van der Waals surface area contributed by atoms with Gasteiger partial charge in [0.15, 0.2) is 6.10 Å². The molecule has 0 unspecified atom stereocenters. The summed E-state index contributed by atoms with van der Waals surface area (Å²) >= 11 is 1.48. The molecular weight excluding hydrogens is 342 g/mol. The number of hydrogen-bond acceptors (Lipinski definition) is 7. The fraction of sp³-hybridized carbons (Fsp3) is 0.412. The molecule has 2 aromatic rings. The Bertz CT molecular complexity index is 749. The minimum absolute atomic E-state index is 0.239. The number of aromatic nitrogens is 2. The predicted octanol–water partition coefficient (Wildman–Crippen LogP) is 2.10. The minimum Gasteiger partial charge on any atom is -0.467 e. The largest absolute Gasteiger partial charge is 0.467 e. The zero-order chi connectivity index (χ0) is 17.8. The summed E-state index contributed by atoms with van der Waals surface area (Å²) in [6, 6.07) is 3.55. The van der Waals surface area contributed by atoms with Crippen LogP contribution in [0, 0.1) is 0 Å². The van der Waals surface area contributed by atoms with Gasteiger partial charge in [-0.15, -0.1) is 11.3 Å². The second kappa shape index (κ2) is 7.71. The van der Waals surface area contributed by atoms with Crippen LogP contribution in [-0.4, -0.2) is 41.2 Å². The molecule has 0 aromatic carbocycles. The van der Waals surface area contributed by atoms with E-state index in [-0.39, 0.29) is 11.9 Å². The van der Waals surface area contributed by atoms with E-state index >= 15 is 0 Å². The van der Waals surface area contributed by atoms with Gasteiger partial charge in [0.05, 0.1) is 18.8 Å². The lowest BCUT2D eigenvalue weighted by atomic mass is 10.2. The third-order valence-corrected chi connectivity index (χ3v) is 5.01. The molecule has 7 nitrogen and oxygen atoms in total. The van der Waals surface area contributed by atoms with Crippen molar-refractivity contribution in [2.45, 2.75) is 38.0 Å². The van der Waals surface area contributed by atoms with Crippen molar-refractivity contribution in [2.75, 3.05) is 7.11 Å². The average molecular weight is 361 g/mol. The molecule has 0 spiro atoms. The van der Waals surface area contributed by atoms with Crippen molar-refractivity contribution in [3.8, 4) is 11.3 Å². The van der Waals surface area contributed by atoms with Crippen LogP contribution in [0.3, 0.4) is 0 Å². The molecule has 1 aliphatic rings. The van der Waals surface area contributed by atoms with Crippen LogP contribution >= 0.6 is 11.3 Å². The normalized spacial score (nSPS) is 20.9. The van der Waals surface area contributed by atoms with Gasteiger partial charge >= 0.3 is 5.97 Å². The highest BCUT2D eigenvalue weighted by Crippen LogP contribution is 2.26. The molecule has 1 aliphatic heterocycles. The van der Waals surface area contributed by atoms with E-state index in [0.29, 0.717) is 12.8 Å². The number of esters is 1. The number of pyridine rings is 1. The second-order valence-electron chi connectivity index (χ2n) is 5.76. The molecule has 8 heteroatoms. The maximum atomic E-state index is 12.3. The summed E-state index contributed by atoms with van der Waals surface area (Å²) in [7, 11) is 1.31. The van der Waals surface area contributed by atoms with Gasteiger partial charge in [0, 0.05) is 23.3 Å². The van der Waals surface area contributed by atoms with Crippen molar-refractivity contribution in [3.05, 3.63) is 34.9 Å². The monoisotopic (exact) mass is 361 g/mol. The highest BCUT2D eigenvalue weighted by atomic mass is 32.1. The number of thiazole rings is 1. The maximum absolute atomic E-state index is 12.3. The Labute approximate surface area is 149 Å². The number of rotatable bonds is 5. The molecule has 1 N–H and O–H groups in total. The zero-order valence-electron chi connectivity index (χ0n) is 14.0. The summed E-state index contributed by atoms with van der Waals surface area (Å²) in [5.41, 5.74) is 1.76. The van der Waals surface area contributed by atoms with E-state index in [9.17, 15) is 9.59 Å². The Morgan fingerprint density at radius 2 is 2.20 bits per heavy atom. The first-order valence-corrected chi connectivity index (χ1v) is 8.86. The molecule has 25 heavy (non-hydrogen) atoms. The first-order chi connectivity index (χ1) is 12.1. The van der Waals surface area contributed by atoms with E-state index in [1.807, 2.05) is 24.4 Å². The smallest absolute Gasteiger partial charge is 0.335 e. The summed E-state index contributed by atoms with van der Waals surface area (Å²) < 4.78 is 10.1. The van der Waals surface area contributed by atoms with E-state index in [1.165, 1.54) is 18.4 Å². The van der Waals surface area contributed by atoms with Crippen molar-refractivity contribution in [3.63, 3.8) is 0 Å². The summed E-state index contributed by atoms with van der Waals surface area (Å²) in [6.45, 7) is 1.87. The van der Waals surface area contributed by atoms with Crippen molar-refractivity contribution >= 4 is 23.2 Å². The standard InChI is InChI=1S/C17H19N3O4S/c1-10(16-20-12(9-25-16)11-4-3-7-18-8-11)19-15(21)13-5-6-14(24-13)17(22)23-2/h3-4,7-10,13-14H,5-6H2,1-2H3,(H,19,21)/t10-,13-,14-/m0/s1. The summed E-state index contributed by atoms with van der Waals surface area (Å²) in [5, 5.41) is 5.64. The van der Waals surface area contributed by atoms with Crippen molar-refractivity contribution in [1.29, 1.82) is 0 Å². The van der Waals surface area contributed by atoms with Gasteiger partial charge in [-0.2, -0.15) is 0 Å². The Morgan fingerprint density at radius 1 is 1.40 bits per heavy atom. The molecule has 2 aromatic heterocycles. The number of ether oxygens (including phenoxy) is 2. The van der Waals surface area contributed by atoms with Crippen LogP contribution in [-0.2, 0) is 19.1 Å². The Kier molecular flexibility index (Phi) is 5.40. The number of carbonyl (C=O) groups excluding carboxylic acids is 2. The quantitative estimate of drug-likeness (QED) is 0.820. The van der Waals surface area contributed by atoms with Crippen LogP contribution in [0.1, 0.15) is 30.8 Å². The van der Waals surface area contributed by atoms with E-state index in [4.69, 9.17) is 4.74 Å². The molecule has 1 amide bonds. The number of nitrogens with one attached hydrogen (secondary N) is 1. The molecule has 0 radical (unpaired) electrons. The van der Waals surface area contributed by atoms with Gasteiger partial charge < -0.3 is 14.8 Å². The van der Waals surface area contributed by atoms with Gasteiger partial charge in [0.2, 0.25) is 5.91 Å². The summed E-state index contributed by atoms with van der Waals surface area (Å²) in [4.78, 5) is 32.5. The lowest BCUT2D eigenvalue weighted by Gasteiger charge is -2.16. The molecular formula is C17H19N3O4S. The zero-order valence-corrected chi connectivity index (χ0v) is 14.8. The van der Waals surface area contributed by atoms with E-state index in [2.05, 4.69) is 20.0 Å². The summed E-state index contributed by atoms with van der Waals surface area (Å²) in [6.07, 6.45) is 3.15. The number of carbonyl (C=O) groups is 2. The van der Waals surface area contributed by atoms with Gasteiger partial charge in [0.25, 0.3) is 0 Å². The fourth-order valence-corrected chi connectivity index (χ4v) is 3.47. The molecule has 3 atom stereocenters. The van der Waals surface area contributed by atoms with Crippen molar-refractivity contribution < 1.29 is 19.1 Å². The van der Waals surface area contributed by atoms with Crippen LogP contribution in [0.2, 0.25) is 0 Å². The second-order valence-corrected chi connectivity index (χ2v) is 6.65. The van der Waals surface area contributed by atoms with Gasteiger partial charge in [0.1, 0.15) is 11.1 Å². The first-order valence-electron chi connectivity index (χ1n) is 7.98. The molecule has 0 aliphatic carbocycles. The lowest BCUT2D eigenvalue weighted by molar-refractivity contribution is -0.155. The summed E-state index contributed by atoms with van der Waals surface area (Å²) in [5.74, 6) is -0.679. The topological polar surface area (TPSA) is 90.4 Å². The van der Waals surface area contributed by atoms with Gasteiger partial charge in [-0.05, 0) is 31.9 Å². The first kappa shape index (κ1) is 17.5. The van der Waals surface area contributed by atoms with E-state index in [0.717, 1.165) is 16.3 Å². The lowest BCUT2D eigenvalue weighted by Crippen LogP contribution is -2.37. The van der Waals surface area contributed by atoms with Crippen molar-refractivity contribution in [1.82, 2.24) is 15.3 Å². The third kappa shape index (κ3) is 4.02. The van der Waals surface area contributed by atoms with Gasteiger partial charge in [-0.25, -0.2) is 9.78 Å². The molecule has 0 saturated carbocycles. The maximum Gasteiger partial charge on any atom is 0.335 e. The highest BCUT2D eigenvalue weighted by Gasteiger charge is 2.36. The molecule has 132 valence electrons. The number of nitrogens with zero attached hydrogens (tertiary/aromatic N) is 2. The van der Waals surface area contributed by atoms with Crippen molar-refractivity contribution in [2.24, 2.45) is 0 Å². The van der Waals surface area contributed by atoms with Gasteiger partial charge in [-0.1, -0.05) is 0 Å². The SMILES string of the molecule is COC(=O)[C@@H]1CC[C@@H](C(=O)N[C@@H](C)c2nc(-c3cccnc3)cs2)O1.